The highest BCUT2D eigenvalue weighted by molar-refractivity contribution is 5.92. The average molecular weight is 396 g/mol. The summed E-state index contributed by atoms with van der Waals surface area (Å²) in [4.78, 5) is 35.1. The van der Waals surface area contributed by atoms with Crippen molar-refractivity contribution in [3.8, 4) is 5.75 Å². The summed E-state index contributed by atoms with van der Waals surface area (Å²) in [5.41, 5.74) is 2.18. The summed E-state index contributed by atoms with van der Waals surface area (Å²) in [6.45, 7) is 3.72. The van der Waals surface area contributed by atoms with Gasteiger partial charge in [0, 0.05) is 32.3 Å². The Bertz CT molecular complexity index is 838. The fourth-order valence-corrected chi connectivity index (χ4v) is 3.56. The van der Waals surface area contributed by atoms with Crippen LogP contribution in [0.3, 0.4) is 0 Å². The summed E-state index contributed by atoms with van der Waals surface area (Å²) in [6, 6.07) is 7.66. The van der Waals surface area contributed by atoms with Crippen molar-refractivity contribution in [2.75, 3.05) is 20.2 Å². The molecule has 3 rings (SSSR count). The Morgan fingerprint density at radius 3 is 2.90 bits per heavy atom. The van der Waals surface area contributed by atoms with Gasteiger partial charge in [-0.15, -0.1) is 0 Å². The van der Waals surface area contributed by atoms with E-state index in [9.17, 15) is 9.59 Å². The second kappa shape index (κ2) is 10.0. The zero-order valence-electron chi connectivity index (χ0n) is 17.1. The molecule has 0 unspecified atom stereocenters. The van der Waals surface area contributed by atoms with Crippen LogP contribution in [0.1, 0.15) is 47.4 Å². The van der Waals surface area contributed by atoms with E-state index < -0.39 is 0 Å². The minimum absolute atomic E-state index is 0.0284. The van der Waals surface area contributed by atoms with Crippen LogP contribution < -0.4 is 10.1 Å². The fraction of sp³-hybridized carbons (Fsp3) is 0.455. The summed E-state index contributed by atoms with van der Waals surface area (Å²) >= 11 is 0. The Hall–Kier alpha value is -2.96. The van der Waals surface area contributed by atoms with Gasteiger partial charge in [0.05, 0.1) is 19.0 Å². The molecule has 1 N–H and O–H groups in total. The first-order chi connectivity index (χ1) is 14.0. The van der Waals surface area contributed by atoms with Crippen molar-refractivity contribution < 1.29 is 14.3 Å². The molecule has 2 amide bonds. The van der Waals surface area contributed by atoms with E-state index in [2.05, 4.69) is 15.3 Å². The summed E-state index contributed by atoms with van der Waals surface area (Å²) in [7, 11) is 1.63. The van der Waals surface area contributed by atoms with Crippen molar-refractivity contribution in [1.29, 1.82) is 0 Å². The molecule has 0 spiro atoms. The molecule has 2 aromatic rings. The third kappa shape index (κ3) is 6.01. The second-order valence-corrected chi connectivity index (χ2v) is 7.47. The van der Waals surface area contributed by atoms with E-state index in [0.717, 1.165) is 42.8 Å². The first-order valence-corrected chi connectivity index (χ1v) is 10.0. The van der Waals surface area contributed by atoms with Crippen LogP contribution in [0.5, 0.6) is 5.75 Å². The molecule has 1 aliphatic rings. The number of likely N-dealkylation sites (tertiary alicyclic amines) is 1. The Kier molecular flexibility index (Phi) is 7.16. The van der Waals surface area contributed by atoms with Crippen LogP contribution in [0.2, 0.25) is 0 Å². The van der Waals surface area contributed by atoms with Gasteiger partial charge in [-0.1, -0.05) is 12.1 Å². The third-order valence-electron chi connectivity index (χ3n) is 5.21. The number of rotatable bonds is 7. The number of nitrogens with one attached hydrogen (secondary N) is 1. The molecule has 0 bridgehead atoms. The van der Waals surface area contributed by atoms with Crippen molar-refractivity contribution in [3.63, 3.8) is 0 Å². The maximum Gasteiger partial charge on any atom is 0.274 e. The number of hydrogen-bond donors (Lipinski definition) is 1. The Morgan fingerprint density at radius 1 is 1.28 bits per heavy atom. The first kappa shape index (κ1) is 20.8. The zero-order chi connectivity index (χ0) is 20.6. The molecule has 7 nitrogen and oxygen atoms in total. The molecule has 0 saturated carbocycles. The lowest BCUT2D eigenvalue weighted by atomic mass is 9.93. The predicted octanol–water partition coefficient (Wildman–Crippen LogP) is 2.74. The molecule has 1 fully saturated rings. The van der Waals surface area contributed by atoms with Gasteiger partial charge in [-0.3, -0.25) is 14.6 Å². The quantitative estimate of drug-likeness (QED) is 0.778. The molecule has 1 aromatic carbocycles. The smallest absolute Gasteiger partial charge is 0.274 e. The van der Waals surface area contributed by atoms with Crippen molar-refractivity contribution in [3.05, 3.63) is 53.6 Å². The van der Waals surface area contributed by atoms with E-state index >= 15 is 0 Å². The summed E-state index contributed by atoms with van der Waals surface area (Å²) < 4.78 is 5.20. The van der Waals surface area contributed by atoms with Crippen molar-refractivity contribution in [2.45, 2.75) is 39.2 Å². The van der Waals surface area contributed by atoms with Crippen LogP contribution in [0.25, 0.3) is 0 Å². The lowest BCUT2D eigenvalue weighted by molar-refractivity contribution is -0.121. The molecular weight excluding hydrogens is 368 g/mol. The number of carbonyl (C=O) groups is 2. The minimum Gasteiger partial charge on any atom is -0.497 e. The molecule has 0 radical (unpaired) electrons. The third-order valence-corrected chi connectivity index (χ3v) is 5.21. The average Bonchev–Trinajstić information content (AvgIpc) is 2.76. The van der Waals surface area contributed by atoms with Crippen molar-refractivity contribution >= 4 is 11.8 Å². The van der Waals surface area contributed by atoms with Crippen LogP contribution in [0.4, 0.5) is 0 Å². The monoisotopic (exact) mass is 396 g/mol. The number of ether oxygens (including phenoxy) is 1. The Labute approximate surface area is 171 Å². The fourth-order valence-electron chi connectivity index (χ4n) is 3.56. The number of benzene rings is 1. The van der Waals surface area contributed by atoms with Crippen LogP contribution in [-0.4, -0.2) is 46.9 Å². The Balaban J connectivity index is 1.44. The maximum atomic E-state index is 12.6. The topological polar surface area (TPSA) is 84.4 Å². The molecule has 1 saturated heterocycles. The summed E-state index contributed by atoms with van der Waals surface area (Å²) in [5, 5.41) is 2.96. The van der Waals surface area contributed by atoms with Crippen LogP contribution in [-0.2, 0) is 11.3 Å². The van der Waals surface area contributed by atoms with E-state index in [1.54, 1.807) is 13.3 Å². The van der Waals surface area contributed by atoms with Gasteiger partial charge < -0.3 is 15.0 Å². The van der Waals surface area contributed by atoms with Gasteiger partial charge in [-0.2, -0.15) is 0 Å². The van der Waals surface area contributed by atoms with Crippen LogP contribution in [0, 0.1) is 12.8 Å². The van der Waals surface area contributed by atoms with E-state index in [-0.39, 0.29) is 11.8 Å². The maximum absolute atomic E-state index is 12.6. The lowest BCUT2D eigenvalue weighted by Crippen LogP contribution is -2.40. The van der Waals surface area contributed by atoms with Crippen LogP contribution >= 0.6 is 0 Å². The van der Waals surface area contributed by atoms with Gasteiger partial charge in [0.1, 0.15) is 11.4 Å². The van der Waals surface area contributed by atoms with E-state index in [1.165, 1.54) is 6.20 Å². The first-order valence-electron chi connectivity index (χ1n) is 10.0. The largest absolute Gasteiger partial charge is 0.497 e. The van der Waals surface area contributed by atoms with Gasteiger partial charge in [0.25, 0.3) is 5.91 Å². The van der Waals surface area contributed by atoms with Crippen molar-refractivity contribution in [1.82, 2.24) is 20.2 Å². The Morgan fingerprint density at radius 2 is 2.14 bits per heavy atom. The van der Waals surface area contributed by atoms with Gasteiger partial charge in [0.15, 0.2) is 0 Å². The normalized spacial score (nSPS) is 16.3. The highest BCUT2D eigenvalue weighted by atomic mass is 16.5. The molecular formula is C22H28N4O3. The molecule has 1 aromatic heterocycles. The molecule has 154 valence electrons. The number of amides is 2. The van der Waals surface area contributed by atoms with E-state index in [0.29, 0.717) is 31.1 Å². The van der Waals surface area contributed by atoms with E-state index in [4.69, 9.17) is 4.74 Å². The number of hydrogen-bond acceptors (Lipinski definition) is 5. The number of carbonyl (C=O) groups excluding carboxylic acids is 2. The van der Waals surface area contributed by atoms with E-state index in [1.807, 2.05) is 36.1 Å². The molecule has 29 heavy (non-hydrogen) atoms. The summed E-state index contributed by atoms with van der Waals surface area (Å²) in [5.74, 6) is 1.06. The predicted molar refractivity (Wildman–Crippen MR) is 109 cm³/mol. The number of piperidine rings is 1. The minimum atomic E-state index is -0.0790. The summed E-state index contributed by atoms with van der Waals surface area (Å²) in [6.07, 6.45) is 6.36. The molecule has 0 aliphatic carbocycles. The SMILES string of the molecule is COc1cccc(CNC(=O)CC[C@@H]2CCCN(C(=O)c3cnc(C)cn3)C2)c1. The number of aryl methyl sites for hydroxylation is 1. The van der Waals surface area contributed by atoms with Gasteiger partial charge >= 0.3 is 0 Å². The number of aromatic nitrogens is 2. The van der Waals surface area contributed by atoms with Gasteiger partial charge in [-0.25, -0.2) is 4.98 Å². The van der Waals surface area contributed by atoms with Crippen molar-refractivity contribution in [2.24, 2.45) is 5.92 Å². The lowest BCUT2D eigenvalue weighted by Gasteiger charge is -2.32. The van der Waals surface area contributed by atoms with Gasteiger partial charge in [-0.05, 0) is 49.8 Å². The highest BCUT2D eigenvalue weighted by Crippen LogP contribution is 2.22. The zero-order valence-corrected chi connectivity index (χ0v) is 17.1. The molecule has 2 heterocycles. The van der Waals surface area contributed by atoms with Crippen LogP contribution in [0.15, 0.2) is 36.7 Å². The number of methoxy groups -OCH3 is 1. The number of nitrogens with zero attached hydrogens (tertiary/aromatic N) is 3. The van der Waals surface area contributed by atoms with Gasteiger partial charge in [0.2, 0.25) is 5.91 Å². The molecule has 1 aliphatic heterocycles. The highest BCUT2D eigenvalue weighted by Gasteiger charge is 2.25. The second-order valence-electron chi connectivity index (χ2n) is 7.47. The standard InChI is InChI=1S/C22H28N4O3/c1-16-12-24-20(14-23-16)22(28)26-10-4-6-17(15-26)8-9-21(27)25-13-18-5-3-7-19(11-18)29-2/h3,5,7,11-12,14,17H,4,6,8-10,13,15H2,1-2H3,(H,25,27)/t17-/m0/s1. The molecule has 7 heteroatoms. The molecule has 1 atom stereocenters.